The highest BCUT2D eigenvalue weighted by Gasteiger charge is 2.71. The number of hydrogen-bond acceptors (Lipinski definition) is 12. The number of carbonyl (C=O) groups is 3. The summed E-state index contributed by atoms with van der Waals surface area (Å²) >= 11 is 0. The number of rotatable bonds is 10. The van der Waals surface area contributed by atoms with Gasteiger partial charge in [-0.2, -0.15) is 0 Å². The zero-order valence-electron chi connectivity index (χ0n) is 29.0. The second-order valence-corrected chi connectivity index (χ2v) is 13.6. The molecule has 53 heavy (non-hydrogen) atoms. The van der Waals surface area contributed by atoms with Crippen molar-refractivity contribution in [2.75, 3.05) is 20.2 Å². The minimum absolute atomic E-state index is 0.0292. The number of pyridine rings is 5. The fraction of sp³-hybridized carbons (Fsp3) is 0.282. The molecule has 2 saturated heterocycles. The summed E-state index contributed by atoms with van der Waals surface area (Å²) in [5.41, 5.74) is 0.191. The Morgan fingerprint density at radius 2 is 1.28 bits per heavy atom. The first-order chi connectivity index (χ1) is 25.5. The smallest absolute Gasteiger partial charge is 0.354 e. The maximum atomic E-state index is 14.5. The normalized spacial score (nSPS) is 24.3. The summed E-state index contributed by atoms with van der Waals surface area (Å²) < 4.78 is 5.57. The third-order valence-electron chi connectivity index (χ3n) is 10.2. The van der Waals surface area contributed by atoms with Gasteiger partial charge in [-0.1, -0.05) is 37.3 Å². The van der Waals surface area contributed by atoms with Gasteiger partial charge in [0.05, 0.1) is 59.5 Å². The number of esters is 1. The van der Waals surface area contributed by atoms with Gasteiger partial charge in [0.1, 0.15) is 16.8 Å². The van der Waals surface area contributed by atoms with Crippen LogP contribution in [0.15, 0.2) is 103 Å². The highest BCUT2D eigenvalue weighted by molar-refractivity contribution is 5.86. The van der Waals surface area contributed by atoms with E-state index in [4.69, 9.17) is 19.7 Å². The molecule has 0 aliphatic carbocycles. The van der Waals surface area contributed by atoms with Crippen molar-refractivity contribution in [3.05, 3.63) is 138 Å². The van der Waals surface area contributed by atoms with E-state index in [1.165, 1.54) is 19.2 Å². The first kappa shape index (κ1) is 35.4. The predicted octanol–water partition coefficient (Wildman–Crippen LogP) is 4.07. The monoisotopic (exact) mass is 715 g/mol. The molecule has 3 N–H and O–H groups in total. The zero-order chi connectivity index (χ0) is 37.3. The molecule has 0 radical (unpaired) electrons. The molecule has 2 bridgehead atoms. The molecule has 14 nitrogen and oxygen atoms in total. The van der Waals surface area contributed by atoms with Gasteiger partial charge in [-0.15, -0.1) is 0 Å². The number of carbonyl (C=O) groups excluding carboxylic acids is 1. The molecule has 7 rings (SSSR count). The zero-order valence-corrected chi connectivity index (χ0v) is 29.0. The average molecular weight is 716 g/mol. The Balaban J connectivity index is 1.41. The van der Waals surface area contributed by atoms with E-state index in [0.29, 0.717) is 34.2 Å². The number of methoxy groups -OCH3 is 1. The number of aromatic nitrogens is 5. The van der Waals surface area contributed by atoms with Gasteiger partial charge in [0.15, 0.2) is 0 Å². The van der Waals surface area contributed by atoms with E-state index in [-0.39, 0.29) is 37.6 Å². The Hall–Kier alpha value is -5.96. The second-order valence-electron chi connectivity index (χ2n) is 13.6. The highest BCUT2D eigenvalue weighted by atomic mass is 16.5. The van der Waals surface area contributed by atoms with Gasteiger partial charge in [-0.25, -0.2) is 24.5 Å². The number of carboxylic acid groups (broad SMARTS) is 2. The number of ether oxygens (including phenoxy) is 1. The van der Waals surface area contributed by atoms with Crippen LogP contribution in [0.1, 0.15) is 62.8 Å². The number of fused-ring (bicyclic) bond motifs is 2. The van der Waals surface area contributed by atoms with Crippen LogP contribution in [0.2, 0.25) is 0 Å². The van der Waals surface area contributed by atoms with Gasteiger partial charge in [0, 0.05) is 44.0 Å². The lowest BCUT2D eigenvalue weighted by Gasteiger charge is -2.65. The molecule has 0 spiro atoms. The number of hydrogen-bond donors (Lipinski definition) is 3. The fourth-order valence-corrected chi connectivity index (χ4v) is 8.26. The van der Waals surface area contributed by atoms with E-state index in [9.17, 15) is 29.7 Å². The fourth-order valence-electron chi connectivity index (χ4n) is 8.26. The SMILES string of the molecule is COC(=O)C12CN(Cc3cccc(C(=O)O)n3)CC(C)(C(c3ccccn3)N(Cc3cccc(-c4cccc(C(=O)O)n4)n3)C1c1ccccn1)C2O. The number of aliphatic hydroxyl groups excluding tert-OH is 1. The largest absolute Gasteiger partial charge is 0.477 e. The molecule has 2 aliphatic rings. The maximum Gasteiger partial charge on any atom is 0.354 e. The summed E-state index contributed by atoms with van der Waals surface area (Å²) in [5.74, 6) is -2.94. The molecular formula is C39H37N7O7. The molecule has 5 aromatic heterocycles. The first-order valence-electron chi connectivity index (χ1n) is 17.0. The van der Waals surface area contributed by atoms with Crippen LogP contribution < -0.4 is 0 Å². The second kappa shape index (κ2) is 14.2. The van der Waals surface area contributed by atoms with Crippen molar-refractivity contribution in [2.24, 2.45) is 10.8 Å². The first-order valence-corrected chi connectivity index (χ1v) is 17.0. The molecule has 5 atom stereocenters. The van der Waals surface area contributed by atoms with Gasteiger partial charge in [-0.3, -0.25) is 24.6 Å². The van der Waals surface area contributed by atoms with Gasteiger partial charge >= 0.3 is 17.9 Å². The third-order valence-corrected chi connectivity index (χ3v) is 10.2. The molecule has 0 aromatic carbocycles. The summed E-state index contributed by atoms with van der Waals surface area (Å²) in [4.78, 5) is 65.2. The highest BCUT2D eigenvalue weighted by Crippen LogP contribution is 2.62. The van der Waals surface area contributed by atoms with E-state index in [1.54, 1.807) is 48.8 Å². The lowest BCUT2D eigenvalue weighted by molar-refractivity contribution is -0.248. The Morgan fingerprint density at radius 1 is 0.717 bits per heavy atom. The van der Waals surface area contributed by atoms with Crippen LogP contribution in [0, 0.1) is 10.8 Å². The maximum absolute atomic E-state index is 14.5. The summed E-state index contributed by atoms with van der Waals surface area (Å²) in [6, 6.07) is 24.4. The van der Waals surface area contributed by atoms with Gasteiger partial charge < -0.3 is 20.1 Å². The quantitative estimate of drug-likeness (QED) is 0.175. The topological polar surface area (TPSA) is 192 Å². The number of piperidine rings is 2. The summed E-state index contributed by atoms with van der Waals surface area (Å²) in [6.07, 6.45) is 2.06. The Bertz CT molecular complexity index is 2160. The summed E-state index contributed by atoms with van der Waals surface area (Å²) in [7, 11) is 1.30. The summed E-state index contributed by atoms with van der Waals surface area (Å²) in [6.45, 7) is 2.59. The van der Waals surface area contributed by atoms with Crippen molar-refractivity contribution in [3.8, 4) is 11.4 Å². The van der Waals surface area contributed by atoms with Crippen molar-refractivity contribution in [1.82, 2.24) is 34.7 Å². The minimum atomic E-state index is -1.61. The molecule has 270 valence electrons. The molecule has 2 fully saturated rings. The molecule has 5 unspecified atom stereocenters. The van der Waals surface area contributed by atoms with E-state index < -0.39 is 46.9 Å². The molecule has 5 aromatic rings. The molecule has 0 amide bonds. The van der Waals surface area contributed by atoms with Gasteiger partial charge in [-0.05, 0) is 60.7 Å². The van der Waals surface area contributed by atoms with Crippen molar-refractivity contribution in [2.45, 2.75) is 38.2 Å². The van der Waals surface area contributed by atoms with Crippen molar-refractivity contribution >= 4 is 17.9 Å². The summed E-state index contributed by atoms with van der Waals surface area (Å²) in [5, 5.41) is 31.9. The van der Waals surface area contributed by atoms with E-state index >= 15 is 0 Å². The molecule has 0 saturated carbocycles. The van der Waals surface area contributed by atoms with Crippen LogP contribution in [0.4, 0.5) is 0 Å². The number of likely N-dealkylation sites (tertiary alicyclic amines) is 2. The van der Waals surface area contributed by atoms with Crippen molar-refractivity contribution in [1.29, 1.82) is 0 Å². The van der Waals surface area contributed by atoms with Crippen LogP contribution in [0.5, 0.6) is 0 Å². The lowest BCUT2D eigenvalue weighted by Crippen LogP contribution is -2.74. The Kier molecular flexibility index (Phi) is 9.51. The minimum Gasteiger partial charge on any atom is -0.477 e. The number of aromatic carboxylic acids is 2. The van der Waals surface area contributed by atoms with Crippen molar-refractivity contribution < 1.29 is 34.4 Å². The third kappa shape index (κ3) is 6.41. The van der Waals surface area contributed by atoms with Crippen LogP contribution in [-0.2, 0) is 22.6 Å². The lowest BCUT2D eigenvalue weighted by atomic mass is 9.54. The standard InChI is InChI=1S/C39H37N7O7/c1-38-22-45(20-24-10-8-16-30(43-24)34(47)48)23-39(36(38)51,37(52)53-2)33(29-13-4-6-19-41-29)46(32(38)28-12-3-5-18-40-28)21-25-11-7-14-26(42-25)27-15-9-17-31(44-27)35(49)50/h3-19,32-33,36,51H,20-23H2,1-2H3,(H,47,48)(H,49,50). The van der Waals surface area contributed by atoms with E-state index in [0.717, 1.165) is 0 Å². The van der Waals surface area contributed by atoms with Gasteiger partial charge in [0.25, 0.3) is 0 Å². The number of aliphatic hydroxyl groups is 1. The molecule has 7 heterocycles. The van der Waals surface area contributed by atoms with Crippen LogP contribution in [0.3, 0.4) is 0 Å². The van der Waals surface area contributed by atoms with Crippen LogP contribution in [0.25, 0.3) is 11.4 Å². The predicted molar refractivity (Wildman–Crippen MR) is 189 cm³/mol. The van der Waals surface area contributed by atoms with Crippen LogP contribution >= 0.6 is 0 Å². The number of nitrogens with zero attached hydrogens (tertiary/aromatic N) is 7. The van der Waals surface area contributed by atoms with E-state index in [2.05, 4.69) is 14.9 Å². The van der Waals surface area contributed by atoms with Crippen LogP contribution in [-0.4, -0.2) is 94.3 Å². The number of carboxylic acids is 2. The van der Waals surface area contributed by atoms with Gasteiger partial charge in [0.2, 0.25) is 0 Å². The average Bonchev–Trinajstić information content (AvgIpc) is 3.17. The molecule has 2 aliphatic heterocycles. The molecule has 14 heteroatoms. The van der Waals surface area contributed by atoms with Crippen molar-refractivity contribution in [3.63, 3.8) is 0 Å². The Morgan fingerprint density at radius 3 is 1.89 bits per heavy atom. The Labute approximate surface area is 304 Å². The van der Waals surface area contributed by atoms with E-state index in [1.807, 2.05) is 54.3 Å². The molecular weight excluding hydrogens is 678 g/mol.